The maximum atomic E-state index is 12.4. The van der Waals surface area contributed by atoms with Gasteiger partial charge >= 0.3 is 0 Å². The van der Waals surface area contributed by atoms with Crippen LogP contribution in [-0.2, 0) is 0 Å². The number of anilines is 1. The van der Waals surface area contributed by atoms with E-state index in [1.54, 1.807) is 11.8 Å². The number of rotatable bonds is 24. The zero-order valence-corrected chi connectivity index (χ0v) is 24.7. The maximum Gasteiger partial charge on any atom is 0.251 e. The molecule has 1 amide bonds. The van der Waals surface area contributed by atoms with Crippen molar-refractivity contribution in [1.82, 2.24) is 5.32 Å². The van der Waals surface area contributed by atoms with Crippen LogP contribution in [0, 0.1) is 0 Å². The Morgan fingerprint density at radius 3 is 1.77 bits per heavy atom. The van der Waals surface area contributed by atoms with Gasteiger partial charge in [0.2, 0.25) is 0 Å². The highest BCUT2D eigenvalue weighted by Crippen LogP contribution is 2.26. The Morgan fingerprint density at radius 1 is 0.714 bits per heavy atom. The van der Waals surface area contributed by atoms with Crippen molar-refractivity contribution in [2.45, 2.75) is 121 Å². The van der Waals surface area contributed by atoms with Gasteiger partial charge in [-0.05, 0) is 49.3 Å². The summed E-state index contributed by atoms with van der Waals surface area (Å²) in [4.78, 5) is 13.6. The lowest BCUT2D eigenvalue weighted by Crippen LogP contribution is -2.24. The third-order valence-electron chi connectivity index (χ3n) is 6.62. The number of unbranched alkanes of at least 4 members (excludes halogenated alkanes) is 15. The SMILES string of the molecule is CCCCCCCCCCCCCCCCCCNc1cc(C(=O)NCCCSC)ccc1SC. The van der Waals surface area contributed by atoms with E-state index in [4.69, 9.17) is 0 Å². The number of carbonyl (C=O) groups excluding carboxylic acids is 1. The van der Waals surface area contributed by atoms with Crippen molar-refractivity contribution >= 4 is 35.1 Å². The molecule has 2 N–H and O–H groups in total. The lowest BCUT2D eigenvalue weighted by Gasteiger charge is -2.13. The van der Waals surface area contributed by atoms with E-state index < -0.39 is 0 Å². The van der Waals surface area contributed by atoms with Gasteiger partial charge in [0.15, 0.2) is 0 Å². The van der Waals surface area contributed by atoms with Crippen molar-refractivity contribution in [3.05, 3.63) is 23.8 Å². The van der Waals surface area contributed by atoms with E-state index >= 15 is 0 Å². The standard InChI is InChI=1S/C30H54N2OS2/c1-4-5-6-7-8-9-10-11-12-13-14-15-16-17-18-19-23-31-28-26-27(21-22-29(28)35-3)30(33)32-24-20-25-34-2/h21-22,26,31H,4-20,23-25H2,1-3H3,(H,32,33). The van der Waals surface area contributed by atoms with Gasteiger partial charge in [-0.3, -0.25) is 4.79 Å². The molecule has 1 rings (SSSR count). The molecule has 0 radical (unpaired) electrons. The van der Waals surface area contributed by atoms with Gasteiger partial charge in [-0.1, -0.05) is 103 Å². The van der Waals surface area contributed by atoms with Crippen molar-refractivity contribution in [3.8, 4) is 0 Å². The molecule has 0 unspecified atom stereocenters. The molecule has 0 aliphatic rings. The van der Waals surface area contributed by atoms with E-state index in [1.165, 1.54) is 108 Å². The fourth-order valence-corrected chi connectivity index (χ4v) is 5.39. The largest absolute Gasteiger partial charge is 0.384 e. The van der Waals surface area contributed by atoms with Crippen LogP contribution in [0.25, 0.3) is 0 Å². The van der Waals surface area contributed by atoms with Crippen molar-refractivity contribution in [1.29, 1.82) is 0 Å². The summed E-state index contributed by atoms with van der Waals surface area (Å²) in [6.07, 6.45) is 27.5. The molecule has 35 heavy (non-hydrogen) atoms. The summed E-state index contributed by atoms with van der Waals surface area (Å²) in [5.74, 6) is 1.11. The Morgan fingerprint density at radius 2 is 1.26 bits per heavy atom. The Bertz CT molecular complexity index is 639. The summed E-state index contributed by atoms with van der Waals surface area (Å²) in [5.41, 5.74) is 1.84. The molecular weight excluding hydrogens is 468 g/mol. The van der Waals surface area contributed by atoms with Gasteiger partial charge in [-0.2, -0.15) is 11.8 Å². The molecule has 202 valence electrons. The number of hydrogen-bond acceptors (Lipinski definition) is 4. The van der Waals surface area contributed by atoms with E-state index in [-0.39, 0.29) is 5.91 Å². The van der Waals surface area contributed by atoms with Gasteiger partial charge in [0.05, 0.1) is 0 Å². The first-order valence-electron chi connectivity index (χ1n) is 14.4. The second-order valence-electron chi connectivity index (χ2n) is 9.75. The van der Waals surface area contributed by atoms with E-state index in [2.05, 4.69) is 36.1 Å². The molecular formula is C30H54N2OS2. The van der Waals surface area contributed by atoms with Gasteiger partial charge < -0.3 is 10.6 Å². The van der Waals surface area contributed by atoms with Crippen LogP contribution in [0.2, 0.25) is 0 Å². The molecule has 0 bridgehead atoms. The fourth-order valence-electron chi connectivity index (χ4n) is 4.40. The second kappa shape index (κ2) is 23.6. The topological polar surface area (TPSA) is 41.1 Å². The van der Waals surface area contributed by atoms with Crippen LogP contribution in [-0.4, -0.2) is 37.3 Å². The normalized spacial score (nSPS) is 11.1. The highest BCUT2D eigenvalue weighted by Gasteiger charge is 2.09. The number of carbonyl (C=O) groups is 1. The molecule has 0 aliphatic heterocycles. The van der Waals surface area contributed by atoms with Gasteiger partial charge in [-0.15, -0.1) is 11.8 Å². The van der Waals surface area contributed by atoms with Gasteiger partial charge in [-0.25, -0.2) is 0 Å². The van der Waals surface area contributed by atoms with Crippen molar-refractivity contribution in [3.63, 3.8) is 0 Å². The minimum atomic E-state index is 0.0317. The van der Waals surface area contributed by atoms with Gasteiger partial charge in [0.25, 0.3) is 5.91 Å². The quantitative estimate of drug-likeness (QED) is 0.105. The Labute approximate surface area is 226 Å². The molecule has 1 aromatic rings. The first-order valence-corrected chi connectivity index (χ1v) is 17.0. The molecule has 0 saturated carbocycles. The van der Waals surface area contributed by atoms with Crippen LogP contribution in [0.3, 0.4) is 0 Å². The average molecular weight is 523 g/mol. The Hall–Kier alpha value is -0.810. The fraction of sp³-hybridized carbons (Fsp3) is 0.767. The highest BCUT2D eigenvalue weighted by molar-refractivity contribution is 7.98. The molecule has 0 aliphatic carbocycles. The predicted molar refractivity (Wildman–Crippen MR) is 162 cm³/mol. The Balaban J connectivity index is 2.06. The third-order valence-corrected chi connectivity index (χ3v) is 8.11. The molecule has 3 nitrogen and oxygen atoms in total. The second-order valence-corrected chi connectivity index (χ2v) is 11.6. The van der Waals surface area contributed by atoms with Crippen LogP contribution in [0.15, 0.2) is 23.1 Å². The van der Waals surface area contributed by atoms with Gasteiger partial charge in [0, 0.05) is 29.2 Å². The minimum Gasteiger partial charge on any atom is -0.384 e. The number of amides is 1. The van der Waals surface area contributed by atoms with Crippen molar-refractivity contribution in [2.75, 3.05) is 36.7 Å². The monoisotopic (exact) mass is 522 g/mol. The molecule has 0 atom stereocenters. The number of benzene rings is 1. The van der Waals surface area contributed by atoms with E-state index in [0.29, 0.717) is 0 Å². The third kappa shape index (κ3) is 17.3. The summed E-state index contributed by atoms with van der Waals surface area (Å²) in [5, 5.41) is 6.62. The van der Waals surface area contributed by atoms with Crippen molar-refractivity contribution in [2.24, 2.45) is 0 Å². The number of hydrogen-bond donors (Lipinski definition) is 2. The lowest BCUT2D eigenvalue weighted by atomic mass is 10.0. The van der Waals surface area contributed by atoms with E-state index in [1.807, 2.05) is 23.9 Å². The van der Waals surface area contributed by atoms with Crippen molar-refractivity contribution < 1.29 is 4.79 Å². The van der Waals surface area contributed by atoms with E-state index in [9.17, 15) is 4.79 Å². The van der Waals surface area contributed by atoms with Crippen LogP contribution < -0.4 is 10.6 Å². The molecule has 0 aromatic heterocycles. The number of thioether (sulfide) groups is 2. The van der Waals surface area contributed by atoms with Gasteiger partial charge in [0.1, 0.15) is 0 Å². The molecule has 0 saturated heterocycles. The molecule has 0 heterocycles. The molecule has 0 spiro atoms. The van der Waals surface area contributed by atoms with E-state index in [0.717, 1.165) is 36.5 Å². The maximum absolute atomic E-state index is 12.4. The summed E-state index contributed by atoms with van der Waals surface area (Å²) < 4.78 is 0. The zero-order chi connectivity index (χ0) is 25.4. The molecule has 1 aromatic carbocycles. The molecule has 0 fully saturated rings. The van der Waals surface area contributed by atoms with Crippen LogP contribution in [0.4, 0.5) is 5.69 Å². The summed E-state index contributed by atoms with van der Waals surface area (Å²) >= 11 is 3.55. The summed E-state index contributed by atoms with van der Waals surface area (Å²) in [6, 6.07) is 6.02. The van der Waals surface area contributed by atoms with Crippen LogP contribution in [0.5, 0.6) is 0 Å². The summed E-state index contributed by atoms with van der Waals surface area (Å²) in [6.45, 7) is 4.01. The van der Waals surface area contributed by atoms with Crippen LogP contribution in [0.1, 0.15) is 126 Å². The Kier molecular flexibility index (Phi) is 21.7. The van der Waals surface area contributed by atoms with Crippen LogP contribution >= 0.6 is 23.5 Å². The average Bonchev–Trinajstić information content (AvgIpc) is 2.88. The summed E-state index contributed by atoms with van der Waals surface area (Å²) in [7, 11) is 0. The molecule has 5 heteroatoms. The minimum absolute atomic E-state index is 0.0317. The first-order chi connectivity index (χ1) is 17.2. The highest BCUT2D eigenvalue weighted by atomic mass is 32.2. The smallest absolute Gasteiger partial charge is 0.251 e. The predicted octanol–water partition coefficient (Wildman–Crippen LogP) is 9.56. The number of nitrogens with one attached hydrogen (secondary N) is 2. The lowest BCUT2D eigenvalue weighted by molar-refractivity contribution is 0.0954. The zero-order valence-electron chi connectivity index (χ0n) is 23.1. The first kappa shape index (κ1) is 32.2.